The lowest BCUT2D eigenvalue weighted by atomic mass is 9.98. The molecular formula is C34H34N4O2. The van der Waals surface area contributed by atoms with Gasteiger partial charge in [0, 0.05) is 25.7 Å². The molecule has 0 aliphatic carbocycles. The Hall–Kier alpha value is -4.84. The highest BCUT2D eigenvalue weighted by atomic mass is 16.4. The maximum absolute atomic E-state index is 11.7. The lowest BCUT2D eigenvalue weighted by Gasteiger charge is -2.24. The second-order valence-electron chi connectivity index (χ2n) is 10.1. The van der Waals surface area contributed by atoms with Crippen molar-refractivity contribution in [3.05, 3.63) is 120 Å². The first kappa shape index (κ1) is 26.8. The molecule has 0 bridgehead atoms. The van der Waals surface area contributed by atoms with E-state index in [-0.39, 0.29) is 0 Å². The molecule has 0 atom stereocenters. The van der Waals surface area contributed by atoms with Crippen molar-refractivity contribution < 1.29 is 9.90 Å². The molecule has 0 fully saturated rings. The lowest BCUT2D eigenvalue weighted by molar-refractivity contribution is 0.0697. The standard InChI is InChI=1S/C34H34N4O2/c1-5-10-32-36-33-22(2)19-26(23(3)37(4)30-14-9-8-13-29(30)35)20-31(33)38(32)21-24-15-17-25(18-16-24)27-11-6-7-12-28(27)34(39)40/h6-9,11-20H,3,5,10,21,35H2,1-2,4H3,(H,39,40). The van der Waals surface area contributed by atoms with Crippen LogP contribution in [0.2, 0.25) is 0 Å². The number of nitrogens with two attached hydrogens (primary N) is 1. The summed E-state index contributed by atoms with van der Waals surface area (Å²) in [6.07, 6.45) is 1.86. The van der Waals surface area contributed by atoms with Crippen molar-refractivity contribution in [3.8, 4) is 11.1 Å². The number of nitrogens with zero attached hydrogens (tertiary/aromatic N) is 3. The minimum atomic E-state index is -0.929. The SMILES string of the molecule is C=C(c1cc(C)c2nc(CCC)n(Cc3ccc(-c4ccccc4C(=O)O)cc3)c2c1)N(C)c1ccccc1N. The number of fused-ring (bicyclic) bond motifs is 1. The summed E-state index contributed by atoms with van der Waals surface area (Å²) >= 11 is 0. The first-order chi connectivity index (χ1) is 19.3. The predicted octanol–water partition coefficient (Wildman–Crippen LogP) is 7.40. The monoisotopic (exact) mass is 530 g/mol. The van der Waals surface area contributed by atoms with Crippen LogP contribution < -0.4 is 10.6 Å². The lowest BCUT2D eigenvalue weighted by Crippen LogP contribution is -2.16. The molecule has 6 heteroatoms. The Labute approximate surface area is 235 Å². The number of nitrogen functional groups attached to an aromatic ring is 1. The Morgan fingerprint density at radius 2 is 1.73 bits per heavy atom. The van der Waals surface area contributed by atoms with Crippen LogP contribution in [-0.2, 0) is 13.0 Å². The number of anilines is 2. The van der Waals surface area contributed by atoms with Crippen molar-refractivity contribution in [3.63, 3.8) is 0 Å². The fourth-order valence-corrected chi connectivity index (χ4v) is 5.22. The second-order valence-corrected chi connectivity index (χ2v) is 10.1. The molecule has 5 aromatic rings. The molecule has 0 saturated carbocycles. The van der Waals surface area contributed by atoms with Gasteiger partial charge in [0.15, 0.2) is 0 Å². The number of carboxylic acid groups (broad SMARTS) is 1. The van der Waals surface area contributed by atoms with E-state index in [1.807, 2.05) is 60.5 Å². The molecular weight excluding hydrogens is 496 g/mol. The van der Waals surface area contributed by atoms with Crippen LogP contribution in [0.15, 0.2) is 91.5 Å². The Kier molecular flexibility index (Phi) is 7.43. The van der Waals surface area contributed by atoms with Crippen LogP contribution in [0.25, 0.3) is 27.9 Å². The topological polar surface area (TPSA) is 84.4 Å². The molecule has 202 valence electrons. The minimum Gasteiger partial charge on any atom is -0.478 e. The highest BCUT2D eigenvalue weighted by molar-refractivity contribution is 5.96. The maximum Gasteiger partial charge on any atom is 0.336 e. The molecule has 0 aliphatic heterocycles. The second kappa shape index (κ2) is 11.1. The van der Waals surface area contributed by atoms with E-state index in [0.717, 1.165) is 63.3 Å². The summed E-state index contributed by atoms with van der Waals surface area (Å²) in [5, 5.41) is 9.60. The van der Waals surface area contributed by atoms with Gasteiger partial charge in [-0.2, -0.15) is 0 Å². The molecule has 0 amide bonds. The Bertz CT molecular complexity index is 1720. The number of aromatic carboxylic acids is 1. The van der Waals surface area contributed by atoms with Gasteiger partial charge in [0.2, 0.25) is 0 Å². The number of aromatic nitrogens is 2. The van der Waals surface area contributed by atoms with E-state index in [2.05, 4.69) is 49.3 Å². The fourth-order valence-electron chi connectivity index (χ4n) is 5.22. The molecule has 1 aromatic heterocycles. The van der Waals surface area contributed by atoms with Gasteiger partial charge in [-0.25, -0.2) is 9.78 Å². The van der Waals surface area contributed by atoms with Gasteiger partial charge < -0.3 is 20.3 Å². The van der Waals surface area contributed by atoms with Gasteiger partial charge in [-0.05, 0) is 71.5 Å². The van der Waals surface area contributed by atoms with Gasteiger partial charge in [0.1, 0.15) is 5.82 Å². The number of aryl methyl sites for hydroxylation is 2. The highest BCUT2D eigenvalue weighted by Gasteiger charge is 2.17. The van der Waals surface area contributed by atoms with Crippen LogP contribution in [0, 0.1) is 6.92 Å². The van der Waals surface area contributed by atoms with Gasteiger partial charge in [-0.3, -0.25) is 0 Å². The number of imidazole rings is 1. The zero-order valence-electron chi connectivity index (χ0n) is 23.2. The van der Waals surface area contributed by atoms with Crippen LogP contribution in [0.4, 0.5) is 11.4 Å². The molecule has 40 heavy (non-hydrogen) atoms. The molecule has 0 spiro atoms. The van der Waals surface area contributed by atoms with Gasteiger partial charge in [-0.1, -0.05) is 68.1 Å². The number of rotatable bonds is 9. The van der Waals surface area contributed by atoms with Gasteiger partial charge in [-0.15, -0.1) is 0 Å². The van der Waals surface area contributed by atoms with E-state index >= 15 is 0 Å². The Morgan fingerprint density at radius 3 is 2.42 bits per heavy atom. The maximum atomic E-state index is 11.7. The van der Waals surface area contributed by atoms with Crippen molar-refractivity contribution in [2.75, 3.05) is 17.7 Å². The molecule has 6 nitrogen and oxygen atoms in total. The summed E-state index contributed by atoms with van der Waals surface area (Å²) in [5.74, 6) is 0.117. The van der Waals surface area contributed by atoms with E-state index in [4.69, 9.17) is 10.7 Å². The third-order valence-corrected chi connectivity index (χ3v) is 7.40. The van der Waals surface area contributed by atoms with E-state index in [1.165, 1.54) is 0 Å². The summed E-state index contributed by atoms with van der Waals surface area (Å²) in [6, 6.07) is 27.3. The average molecular weight is 531 g/mol. The first-order valence-electron chi connectivity index (χ1n) is 13.5. The number of hydrogen-bond donors (Lipinski definition) is 2. The quantitative estimate of drug-likeness (QED) is 0.194. The van der Waals surface area contributed by atoms with E-state index < -0.39 is 5.97 Å². The number of hydrogen-bond acceptors (Lipinski definition) is 4. The number of carboxylic acids is 1. The Balaban J connectivity index is 1.52. The highest BCUT2D eigenvalue weighted by Crippen LogP contribution is 2.32. The van der Waals surface area contributed by atoms with Crippen molar-refractivity contribution in [1.29, 1.82) is 0 Å². The summed E-state index contributed by atoms with van der Waals surface area (Å²) in [7, 11) is 1.98. The fraction of sp³-hybridized carbons (Fsp3) is 0.176. The molecule has 3 N–H and O–H groups in total. The van der Waals surface area contributed by atoms with Crippen LogP contribution in [0.3, 0.4) is 0 Å². The van der Waals surface area contributed by atoms with Crippen molar-refractivity contribution in [1.82, 2.24) is 9.55 Å². The van der Waals surface area contributed by atoms with E-state index in [9.17, 15) is 9.90 Å². The molecule has 0 radical (unpaired) electrons. The predicted molar refractivity (Wildman–Crippen MR) is 165 cm³/mol. The summed E-state index contributed by atoms with van der Waals surface area (Å²) in [4.78, 5) is 18.8. The third kappa shape index (κ3) is 5.08. The van der Waals surface area contributed by atoms with Crippen molar-refractivity contribution >= 4 is 34.1 Å². The smallest absolute Gasteiger partial charge is 0.336 e. The normalized spacial score (nSPS) is 11.1. The largest absolute Gasteiger partial charge is 0.478 e. The zero-order valence-corrected chi connectivity index (χ0v) is 23.2. The zero-order chi connectivity index (χ0) is 28.4. The third-order valence-electron chi connectivity index (χ3n) is 7.40. The molecule has 0 unspecified atom stereocenters. The summed E-state index contributed by atoms with van der Waals surface area (Å²) in [5.41, 5.74) is 15.9. The van der Waals surface area contributed by atoms with Crippen molar-refractivity contribution in [2.24, 2.45) is 0 Å². The van der Waals surface area contributed by atoms with E-state index in [1.54, 1.807) is 12.1 Å². The van der Waals surface area contributed by atoms with Gasteiger partial charge in [0.25, 0.3) is 0 Å². The minimum absolute atomic E-state index is 0.298. The number of carbonyl (C=O) groups is 1. The van der Waals surface area contributed by atoms with Crippen molar-refractivity contribution in [2.45, 2.75) is 33.2 Å². The van der Waals surface area contributed by atoms with Gasteiger partial charge in [0.05, 0.1) is 28.0 Å². The Morgan fingerprint density at radius 1 is 1.02 bits per heavy atom. The van der Waals surface area contributed by atoms with Crippen LogP contribution in [0.5, 0.6) is 0 Å². The molecule has 1 heterocycles. The summed E-state index contributed by atoms with van der Waals surface area (Å²) in [6.45, 7) is 9.32. The molecule has 5 rings (SSSR count). The van der Waals surface area contributed by atoms with Gasteiger partial charge >= 0.3 is 5.97 Å². The van der Waals surface area contributed by atoms with Crippen LogP contribution in [-0.4, -0.2) is 27.7 Å². The average Bonchev–Trinajstić information content (AvgIpc) is 3.30. The molecule has 0 aliphatic rings. The molecule has 0 saturated heterocycles. The number of para-hydroxylation sites is 2. The summed E-state index contributed by atoms with van der Waals surface area (Å²) < 4.78 is 2.29. The molecule has 4 aromatic carbocycles. The van der Waals surface area contributed by atoms with E-state index in [0.29, 0.717) is 23.4 Å². The van der Waals surface area contributed by atoms with Crippen LogP contribution >= 0.6 is 0 Å². The first-order valence-corrected chi connectivity index (χ1v) is 13.5. The number of benzene rings is 4. The van der Waals surface area contributed by atoms with Crippen LogP contribution in [0.1, 0.15) is 46.2 Å².